The Kier molecular flexibility index (Phi) is 5.41. The van der Waals surface area contributed by atoms with E-state index in [0.717, 1.165) is 18.4 Å². The van der Waals surface area contributed by atoms with Crippen molar-refractivity contribution in [3.05, 3.63) is 23.8 Å². The van der Waals surface area contributed by atoms with Gasteiger partial charge in [-0.2, -0.15) is 0 Å². The van der Waals surface area contributed by atoms with Crippen LogP contribution in [0.2, 0.25) is 0 Å². The number of carbonyl (C=O) groups is 3. The number of aliphatic hydroxyl groups excluding tert-OH is 2. The second-order valence-electron chi connectivity index (χ2n) is 10.4. The highest BCUT2D eigenvalue weighted by atomic mass is 16.3. The number of Topliss-reactive ketones (excluding diaryl/α,β-unsaturated/α-hetero) is 2. The van der Waals surface area contributed by atoms with Crippen LogP contribution in [0.1, 0.15) is 52.4 Å². The van der Waals surface area contributed by atoms with Crippen molar-refractivity contribution in [1.29, 1.82) is 0 Å². The molecule has 0 aliphatic heterocycles. The van der Waals surface area contributed by atoms with Crippen LogP contribution in [-0.4, -0.2) is 57.0 Å². The van der Waals surface area contributed by atoms with Crippen molar-refractivity contribution >= 4 is 17.3 Å². The molecule has 0 aromatic rings. The summed E-state index contributed by atoms with van der Waals surface area (Å²) in [5, 5.41) is 33.2. The van der Waals surface area contributed by atoms with Crippen LogP contribution in [0.15, 0.2) is 23.8 Å². The van der Waals surface area contributed by atoms with E-state index in [-0.39, 0.29) is 49.3 Å². The topological polar surface area (TPSA) is 138 Å². The average molecular weight is 432 g/mol. The van der Waals surface area contributed by atoms with Crippen LogP contribution in [0, 0.1) is 28.6 Å². The zero-order valence-corrected chi connectivity index (χ0v) is 18.2. The standard InChI is InChI=1S/C24H33NO6/c1-22-8-5-14(26)11-13(22)3-4-15-16-6-9-24(31,21(30)20(29)17(27)7-10-25)23(16,2)12-18(28)19(15)22/h5,8,11,15-16,18-20,28-29,31H,3-4,6-7,9-10,12,25H2,1-2H3/t15-,16-,18-,19+,20?,22-,23-,24-/m0/s1. The molecule has 0 amide bonds. The molecule has 0 heterocycles. The van der Waals surface area contributed by atoms with Crippen LogP contribution in [0.4, 0.5) is 0 Å². The first-order valence-corrected chi connectivity index (χ1v) is 11.3. The van der Waals surface area contributed by atoms with E-state index in [1.54, 1.807) is 12.2 Å². The van der Waals surface area contributed by atoms with E-state index in [0.29, 0.717) is 6.42 Å². The number of fused-ring (bicyclic) bond motifs is 5. The Bertz CT molecular complexity index is 879. The molecule has 0 aromatic heterocycles. The Hall–Kier alpha value is -1.67. The third-order valence-corrected chi connectivity index (χ3v) is 9.00. The number of hydrogen-bond acceptors (Lipinski definition) is 7. The van der Waals surface area contributed by atoms with Crippen molar-refractivity contribution in [3.63, 3.8) is 0 Å². The molecule has 0 saturated heterocycles. The molecule has 0 aromatic carbocycles. The third kappa shape index (κ3) is 3.04. The number of rotatable bonds is 5. The lowest BCUT2D eigenvalue weighted by Crippen LogP contribution is -2.63. The first kappa shape index (κ1) is 22.5. The van der Waals surface area contributed by atoms with E-state index in [1.165, 1.54) is 0 Å². The fourth-order valence-electron chi connectivity index (χ4n) is 7.39. The van der Waals surface area contributed by atoms with Crippen molar-refractivity contribution in [2.75, 3.05) is 6.54 Å². The lowest BCUT2D eigenvalue weighted by molar-refractivity contribution is -0.183. The van der Waals surface area contributed by atoms with Gasteiger partial charge >= 0.3 is 0 Å². The maximum Gasteiger partial charge on any atom is 0.200 e. The number of allylic oxidation sites excluding steroid dienone is 4. The number of ketones is 3. The Balaban J connectivity index is 1.67. The van der Waals surface area contributed by atoms with E-state index in [9.17, 15) is 29.7 Å². The van der Waals surface area contributed by atoms with Crippen molar-refractivity contribution in [2.24, 2.45) is 34.3 Å². The summed E-state index contributed by atoms with van der Waals surface area (Å²) in [5.74, 6) is -1.66. The van der Waals surface area contributed by atoms with Gasteiger partial charge < -0.3 is 21.1 Å². The first-order valence-electron chi connectivity index (χ1n) is 11.3. The predicted molar refractivity (Wildman–Crippen MR) is 113 cm³/mol. The van der Waals surface area contributed by atoms with E-state index < -0.39 is 40.2 Å². The zero-order chi connectivity index (χ0) is 22.8. The smallest absolute Gasteiger partial charge is 0.200 e. The van der Waals surface area contributed by atoms with E-state index >= 15 is 0 Å². The molecule has 0 radical (unpaired) electrons. The van der Waals surface area contributed by atoms with Crippen LogP contribution in [0.3, 0.4) is 0 Å². The molecule has 8 atom stereocenters. The Morgan fingerprint density at radius 1 is 1.29 bits per heavy atom. The molecule has 0 bridgehead atoms. The van der Waals surface area contributed by atoms with Crippen LogP contribution >= 0.6 is 0 Å². The maximum atomic E-state index is 13.1. The van der Waals surface area contributed by atoms with Gasteiger partial charge in [0.2, 0.25) is 5.78 Å². The lowest BCUT2D eigenvalue weighted by atomic mass is 9.46. The Morgan fingerprint density at radius 3 is 2.68 bits per heavy atom. The van der Waals surface area contributed by atoms with E-state index in [4.69, 9.17) is 5.73 Å². The zero-order valence-electron chi connectivity index (χ0n) is 18.2. The Morgan fingerprint density at radius 2 is 2.00 bits per heavy atom. The molecule has 4 rings (SSSR count). The largest absolute Gasteiger partial charge is 0.393 e. The molecule has 4 aliphatic rings. The van der Waals surface area contributed by atoms with Crippen molar-refractivity contribution in [3.8, 4) is 0 Å². The van der Waals surface area contributed by atoms with E-state index in [1.807, 2.05) is 13.0 Å². The normalized spacial score (nSPS) is 44.7. The summed E-state index contributed by atoms with van der Waals surface area (Å²) in [4.78, 5) is 37.2. The molecule has 5 N–H and O–H groups in total. The van der Waals surface area contributed by atoms with Crippen molar-refractivity contribution < 1.29 is 29.7 Å². The van der Waals surface area contributed by atoms with Crippen LogP contribution < -0.4 is 5.73 Å². The lowest BCUT2D eigenvalue weighted by Gasteiger charge is -2.59. The highest BCUT2D eigenvalue weighted by Gasteiger charge is 2.68. The van der Waals surface area contributed by atoms with E-state index in [2.05, 4.69) is 6.92 Å². The molecule has 4 aliphatic carbocycles. The monoisotopic (exact) mass is 431 g/mol. The summed E-state index contributed by atoms with van der Waals surface area (Å²) in [6.07, 6.45) is 4.79. The van der Waals surface area contributed by atoms with Gasteiger partial charge in [0, 0.05) is 23.2 Å². The minimum atomic E-state index is -1.90. The third-order valence-electron chi connectivity index (χ3n) is 9.00. The summed E-state index contributed by atoms with van der Waals surface area (Å²) in [7, 11) is 0. The van der Waals surface area contributed by atoms with Crippen LogP contribution in [-0.2, 0) is 14.4 Å². The summed E-state index contributed by atoms with van der Waals surface area (Å²) in [6, 6.07) is 0. The Labute approximate surface area is 182 Å². The van der Waals surface area contributed by atoms with Crippen molar-refractivity contribution in [2.45, 2.75) is 70.2 Å². The highest BCUT2D eigenvalue weighted by Crippen LogP contribution is 2.67. The predicted octanol–water partition coefficient (Wildman–Crippen LogP) is 0.844. The molecule has 7 heteroatoms. The van der Waals surface area contributed by atoms with Gasteiger partial charge in [0.15, 0.2) is 17.7 Å². The van der Waals surface area contributed by atoms with Gasteiger partial charge in [-0.3, -0.25) is 14.4 Å². The average Bonchev–Trinajstić information content (AvgIpc) is 2.98. The molecule has 3 saturated carbocycles. The quantitative estimate of drug-likeness (QED) is 0.473. The number of carbonyl (C=O) groups excluding carboxylic acids is 3. The second kappa shape index (κ2) is 7.44. The van der Waals surface area contributed by atoms with Gasteiger partial charge in [-0.1, -0.05) is 25.5 Å². The van der Waals surface area contributed by atoms with Crippen molar-refractivity contribution in [1.82, 2.24) is 0 Å². The second-order valence-corrected chi connectivity index (χ2v) is 10.4. The number of hydrogen-bond donors (Lipinski definition) is 4. The first-order chi connectivity index (χ1) is 14.5. The summed E-state index contributed by atoms with van der Waals surface area (Å²) >= 11 is 0. The molecular weight excluding hydrogens is 398 g/mol. The molecular formula is C24H33NO6. The van der Waals surface area contributed by atoms with Gasteiger partial charge in [-0.15, -0.1) is 0 Å². The minimum Gasteiger partial charge on any atom is -0.393 e. The SMILES string of the molecule is C[C@]12C=CC(=O)C=C1CC[C@@H]1[C@@H]2[C@@H](O)C[C@@]2(C)[C@H]1CC[C@]2(O)C(=O)C(O)C(=O)CCN. The fourth-order valence-corrected chi connectivity index (χ4v) is 7.39. The van der Waals surface area contributed by atoms with Gasteiger partial charge in [0.25, 0.3) is 0 Å². The highest BCUT2D eigenvalue weighted by molar-refractivity contribution is 6.09. The van der Waals surface area contributed by atoms with Gasteiger partial charge in [0.05, 0.1) is 6.10 Å². The van der Waals surface area contributed by atoms with Gasteiger partial charge in [0.1, 0.15) is 5.60 Å². The minimum absolute atomic E-state index is 0.0222. The molecule has 31 heavy (non-hydrogen) atoms. The summed E-state index contributed by atoms with van der Waals surface area (Å²) < 4.78 is 0. The number of aliphatic hydroxyl groups is 3. The summed E-state index contributed by atoms with van der Waals surface area (Å²) in [6.45, 7) is 3.90. The molecule has 7 nitrogen and oxygen atoms in total. The molecule has 3 fully saturated rings. The summed E-state index contributed by atoms with van der Waals surface area (Å²) in [5.41, 5.74) is 3.17. The molecule has 170 valence electrons. The molecule has 0 spiro atoms. The van der Waals surface area contributed by atoms with Gasteiger partial charge in [-0.05, 0) is 62.6 Å². The fraction of sp³-hybridized carbons (Fsp3) is 0.708. The van der Waals surface area contributed by atoms with Crippen LogP contribution in [0.5, 0.6) is 0 Å². The number of nitrogens with two attached hydrogens (primary N) is 1. The maximum absolute atomic E-state index is 13.1. The van der Waals surface area contributed by atoms with Gasteiger partial charge in [-0.25, -0.2) is 0 Å². The van der Waals surface area contributed by atoms with Crippen LogP contribution in [0.25, 0.3) is 0 Å². The molecule has 1 unspecified atom stereocenters.